The Morgan fingerprint density at radius 2 is 1.54 bits per heavy atom. The smallest absolute Gasteiger partial charge is 0.253 e. The maximum absolute atomic E-state index is 12.7. The monoisotopic (exact) mass is 383 g/mol. The Balaban J connectivity index is 0.00000625. The standard InChI is InChI=1S/C20H33N3O2.ClH/c1-6-11-23(12-7-2)19(25)17-10-8-9-16(13-17)18(24)22(5)15-20(3,4)14-21;/h8-10,13H,6-7,11-12,14-15,21H2,1-5H3;1H. The van der Waals surface area contributed by atoms with E-state index >= 15 is 0 Å². The second-order valence-corrected chi connectivity index (χ2v) is 7.40. The normalized spacial score (nSPS) is 10.8. The third-order valence-corrected chi connectivity index (χ3v) is 4.20. The molecule has 148 valence electrons. The molecule has 0 atom stereocenters. The zero-order valence-electron chi connectivity index (χ0n) is 16.7. The highest BCUT2D eigenvalue weighted by Gasteiger charge is 2.23. The van der Waals surface area contributed by atoms with Gasteiger partial charge in [0.05, 0.1) is 0 Å². The van der Waals surface area contributed by atoms with E-state index in [2.05, 4.69) is 13.8 Å². The Bertz CT molecular complexity index is 584. The molecule has 2 N–H and O–H groups in total. The molecule has 0 bridgehead atoms. The van der Waals surface area contributed by atoms with Gasteiger partial charge in [-0.05, 0) is 43.0 Å². The first-order valence-electron chi connectivity index (χ1n) is 9.10. The van der Waals surface area contributed by atoms with Gasteiger partial charge in [0, 0.05) is 37.8 Å². The fraction of sp³-hybridized carbons (Fsp3) is 0.600. The molecule has 0 radical (unpaired) electrons. The Morgan fingerprint density at radius 3 is 2.00 bits per heavy atom. The van der Waals surface area contributed by atoms with Gasteiger partial charge in [0.25, 0.3) is 11.8 Å². The maximum Gasteiger partial charge on any atom is 0.253 e. The fourth-order valence-corrected chi connectivity index (χ4v) is 2.82. The van der Waals surface area contributed by atoms with Gasteiger partial charge >= 0.3 is 0 Å². The molecule has 1 rings (SSSR count). The second kappa shape index (κ2) is 11.2. The van der Waals surface area contributed by atoms with Gasteiger partial charge in [-0.2, -0.15) is 0 Å². The minimum atomic E-state index is -0.142. The number of amides is 2. The fourth-order valence-electron chi connectivity index (χ4n) is 2.82. The highest BCUT2D eigenvalue weighted by atomic mass is 35.5. The summed E-state index contributed by atoms with van der Waals surface area (Å²) in [5.74, 6) is -0.100. The zero-order chi connectivity index (χ0) is 19.0. The summed E-state index contributed by atoms with van der Waals surface area (Å²) < 4.78 is 0. The molecule has 0 unspecified atom stereocenters. The molecule has 0 spiro atoms. The van der Waals surface area contributed by atoms with Crippen molar-refractivity contribution in [2.45, 2.75) is 40.5 Å². The van der Waals surface area contributed by atoms with E-state index in [1.165, 1.54) is 0 Å². The van der Waals surface area contributed by atoms with E-state index in [-0.39, 0.29) is 29.6 Å². The van der Waals surface area contributed by atoms with Crippen molar-refractivity contribution in [1.82, 2.24) is 9.80 Å². The summed E-state index contributed by atoms with van der Waals surface area (Å²) in [6, 6.07) is 7.02. The molecule has 0 fully saturated rings. The van der Waals surface area contributed by atoms with Crippen LogP contribution < -0.4 is 5.73 Å². The number of carbonyl (C=O) groups is 2. The Labute approximate surface area is 164 Å². The first kappa shape index (κ1) is 24.4. The molecule has 0 heterocycles. The van der Waals surface area contributed by atoms with E-state index < -0.39 is 0 Å². The predicted molar refractivity (Wildman–Crippen MR) is 110 cm³/mol. The SMILES string of the molecule is CCCN(CCC)C(=O)c1cccc(C(=O)N(C)CC(C)(C)CN)c1.Cl. The molecule has 26 heavy (non-hydrogen) atoms. The van der Waals surface area contributed by atoms with Gasteiger partial charge in [0.15, 0.2) is 0 Å². The van der Waals surface area contributed by atoms with E-state index in [1.54, 1.807) is 36.2 Å². The van der Waals surface area contributed by atoms with Crippen LogP contribution in [0.2, 0.25) is 0 Å². The van der Waals surface area contributed by atoms with E-state index in [4.69, 9.17) is 5.73 Å². The summed E-state index contributed by atoms with van der Waals surface area (Å²) in [7, 11) is 1.77. The molecule has 0 aliphatic rings. The Hall–Kier alpha value is -1.59. The molecule has 0 aliphatic carbocycles. The highest BCUT2D eigenvalue weighted by molar-refractivity contribution is 5.99. The predicted octanol–water partition coefficient (Wildman–Crippen LogP) is 3.43. The lowest BCUT2D eigenvalue weighted by atomic mass is 9.93. The van der Waals surface area contributed by atoms with Crippen molar-refractivity contribution in [3.63, 3.8) is 0 Å². The van der Waals surface area contributed by atoms with Crippen LogP contribution in [0.1, 0.15) is 61.3 Å². The van der Waals surface area contributed by atoms with Crippen LogP contribution in [0.4, 0.5) is 0 Å². The van der Waals surface area contributed by atoms with Crippen LogP contribution >= 0.6 is 12.4 Å². The summed E-state index contributed by atoms with van der Waals surface area (Å²) in [6.07, 6.45) is 1.84. The largest absolute Gasteiger partial charge is 0.341 e. The molecular weight excluding hydrogens is 350 g/mol. The Kier molecular flexibility index (Phi) is 10.5. The van der Waals surface area contributed by atoms with E-state index in [9.17, 15) is 9.59 Å². The second-order valence-electron chi connectivity index (χ2n) is 7.40. The van der Waals surface area contributed by atoms with Gasteiger partial charge in [-0.15, -0.1) is 12.4 Å². The summed E-state index contributed by atoms with van der Waals surface area (Å²) in [6.45, 7) is 10.7. The van der Waals surface area contributed by atoms with Gasteiger partial charge in [0.1, 0.15) is 0 Å². The summed E-state index contributed by atoms with van der Waals surface area (Å²) in [4.78, 5) is 28.9. The minimum absolute atomic E-state index is 0. The number of nitrogens with two attached hydrogens (primary N) is 1. The average Bonchev–Trinajstić information content (AvgIpc) is 2.60. The van der Waals surface area contributed by atoms with Crippen LogP contribution in [0.25, 0.3) is 0 Å². The molecule has 1 aromatic carbocycles. The summed E-state index contributed by atoms with van der Waals surface area (Å²) in [5, 5.41) is 0. The number of carbonyl (C=O) groups excluding carboxylic acids is 2. The summed E-state index contributed by atoms with van der Waals surface area (Å²) >= 11 is 0. The van der Waals surface area contributed by atoms with Crippen molar-refractivity contribution in [2.24, 2.45) is 11.1 Å². The van der Waals surface area contributed by atoms with Gasteiger partial charge in [-0.3, -0.25) is 9.59 Å². The van der Waals surface area contributed by atoms with E-state index in [0.717, 1.165) is 25.9 Å². The molecule has 0 aliphatic heterocycles. The Morgan fingerprint density at radius 1 is 1.04 bits per heavy atom. The lowest BCUT2D eigenvalue weighted by Gasteiger charge is -2.29. The summed E-state index contributed by atoms with van der Waals surface area (Å²) in [5.41, 5.74) is 6.72. The quantitative estimate of drug-likeness (QED) is 0.710. The first-order chi connectivity index (χ1) is 11.8. The average molecular weight is 384 g/mol. The van der Waals surface area contributed by atoms with E-state index in [0.29, 0.717) is 24.2 Å². The van der Waals surface area contributed by atoms with Crippen LogP contribution in [0.15, 0.2) is 24.3 Å². The number of benzene rings is 1. The van der Waals surface area contributed by atoms with Gasteiger partial charge < -0.3 is 15.5 Å². The van der Waals surface area contributed by atoms with Crippen molar-refractivity contribution in [1.29, 1.82) is 0 Å². The topological polar surface area (TPSA) is 66.6 Å². The van der Waals surface area contributed by atoms with Gasteiger partial charge in [0.2, 0.25) is 0 Å². The molecular formula is C20H34ClN3O2. The van der Waals surface area contributed by atoms with Crippen LogP contribution in [0.5, 0.6) is 0 Å². The van der Waals surface area contributed by atoms with Crippen LogP contribution in [0.3, 0.4) is 0 Å². The van der Waals surface area contributed by atoms with Crippen molar-refractivity contribution in [3.05, 3.63) is 35.4 Å². The van der Waals surface area contributed by atoms with Crippen LogP contribution in [0, 0.1) is 5.41 Å². The molecule has 6 heteroatoms. The van der Waals surface area contributed by atoms with Crippen LogP contribution in [-0.2, 0) is 0 Å². The molecule has 0 saturated heterocycles. The number of rotatable bonds is 9. The van der Waals surface area contributed by atoms with Crippen LogP contribution in [-0.4, -0.2) is 54.8 Å². The lowest BCUT2D eigenvalue weighted by molar-refractivity contribution is 0.0740. The van der Waals surface area contributed by atoms with E-state index in [1.807, 2.05) is 18.7 Å². The van der Waals surface area contributed by atoms with Gasteiger partial charge in [-0.25, -0.2) is 0 Å². The van der Waals surface area contributed by atoms with Gasteiger partial charge in [-0.1, -0.05) is 33.8 Å². The molecule has 0 aromatic heterocycles. The number of nitrogens with zero attached hydrogens (tertiary/aromatic N) is 2. The third-order valence-electron chi connectivity index (χ3n) is 4.20. The molecule has 5 nitrogen and oxygen atoms in total. The molecule has 2 amide bonds. The maximum atomic E-state index is 12.7. The number of hydrogen-bond acceptors (Lipinski definition) is 3. The molecule has 0 saturated carbocycles. The number of halogens is 1. The highest BCUT2D eigenvalue weighted by Crippen LogP contribution is 2.17. The zero-order valence-corrected chi connectivity index (χ0v) is 17.6. The van der Waals surface area contributed by atoms with Crippen molar-refractivity contribution in [2.75, 3.05) is 33.2 Å². The lowest BCUT2D eigenvalue weighted by Crippen LogP contribution is -2.39. The third kappa shape index (κ3) is 6.96. The first-order valence-corrected chi connectivity index (χ1v) is 9.10. The van der Waals surface area contributed by atoms with Crippen molar-refractivity contribution < 1.29 is 9.59 Å². The minimum Gasteiger partial charge on any atom is -0.341 e. The number of hydrogen-bond donors (Lipinski definition) is 1. The van der Waals surface area contributed by atoms with Crippen molar-refractivity contribution >= 4 is 24.2 Å². The van der Waals surface area contributed by atoms with Crippen molar-refractivity contribution in [3.8, 4) is 0 Å². The molecule has 1 aromatic rings.